The van der Waals surface area contributed by atoms with Crippen molar-refractivity contribution in [2.75, 3.05) is 7.11 Å². The topological polar surface area (TPSA) is 67.2 Å². The van der Waals surface area contributed by atoms with Gasteiger partial charge in [-0.3, -0.25) is 4.57 Å². The van der Waals surface area contributed by atoms with E-state index in [4.69, 9.17) is 4.74 Å². The largest absolute Gasteiger partial charge is 0.508 e. The van der Waals surface area contributed by atoms with Crippen LogP contribution in [0.4, 0.5) is 0 Å². The van der Waals surface area contributed by atoms with Gasteiger partial charge in [0.2, 0.25) is 0 Å². The Morgan fingerprint density at radius 3 is 2.58 bits per heavy atom. The van der Waals surface area contributed by atoms with Gasteiger partial charge >= 0.3 is 5.69 Å². The number of hydrogen-bond acceptors (Lipinski definition) is 3. The predicted molar refractivity (Wildman–Crippen MR) is 72.1 cm³/mol. The zero-order valence-corrected chi connectivity index (χ0v) is 10.3. The average molecular weight is 256 g/mol. The number of imidazole rings is 1. The zero-order valence-electron chi connectivity index (χ0n) is 10.3. The van der Waals surface area contributed by atoms with Crippen molar-refractivity contribution < 1.29 is 9.84 Å². The molecule has 0 saturated heterocycles. The van der Waals surface area contributed by atoms with E-state index >= 15 is 0 Å². The summed E-state index contributed by atoms with van der Waals surface area (Å²) in [6, 6.07) is 11.9. The first kappa shape index (κ1) is 11.4. The lowest BCUT2D eigenvalue weighted by atomic mass is 10.2. The minimum absolute atomic E-state index is 0.156. The zero-order chi connectivity index (χ0) is 13.4. The van der Waals surface area contributed by atoms with Crippen molar-refractivity contribution in [1.29, 1.82) is 0 Å². The van der Waals surface area contributed by atoms with E-state index in [1.54, 1.807) is 25.3 Å². The van der Waals surface area contributed by atoms with E-state index in [9.17, 15) is 9.90 Å². The molecule has 0 aliphatic heterocycles. The Bertz CT molecular complexity index is 785. The maximum atomic E-state index is 12.1. The summed E-state index contributed by atoms with van der Waals surface area (Å²) in [6.07, 6.45) is 0. The fourth-order valence-corrected chi connectivity index (χ4v) is 2.14. The Morgan fingerprint density at radius 1 is 1.16 bits per heavy atom. The molecule has 3 aromatic rings. The van der Waals surface area contributed by atoms with E-state index in [-0.39, 0.29) is 11.4 Å². The van der Waals surface area contributed by atoms with Crippen molar-refractivity contribution in [2.24, 2.45) is 0 Å². The second kappa shape index (κ2) is 4.20. The molecule has 96 valence electrons. The number of H-pyrrole nitrogens is 1. The maximum Gasteiger partial charge on any atom is 0.331 e. The van der Waals surface area contributed by atoms with Crippen molar-refractivity contribution in [2.45, 2.75) is 0 Å². The lowest BCUT2D eigenvalue weighted by Crippen LogP contribution is -2.14. The van der Waals surface area contributed by atoms with Crippen molar-refractivity contribution in [3.8, 4) is 17.2 Å². The second-order valence-corrected chi connectivity index (χ2v) is 4.14. The summed E-state index contributed by atoms with van der Waals surface area (Å²) in [5, 5.41) is 9.32. The fraction of sp³-hybridized carbons (Fsp3) is 0.0714. The molecule has 0 atom stereocenters. The molecule has 3 rings (SSSR count). The van der Waals surface area contributed by atoms with Gasteiger partial charge in [-0.25, -0.2) is 4.79 Å². The van der Waals surface area contributed by atoms with Gasteiger partial charge in [0, 0.05) is 0 Å². The number of para-hydroxylation sites is 1. The number of hydrogen-bond donors (Lipinski definition) is 2. The molecular formula is C14H12N2O3. The van der Waals surface area contributed by atoms with E-state index in [0.717, 1.165) is 0 Å². The molecule has 0 unspecified atom stereocenters. The van der Waals surface area contributed by atoms with Crippen molar-refractivity contribution >= 4 is 11.0 Å². The molecule has 0 aliphatic carbocycles. The van der Waals surface area contributed by atoms with Crippen LogP contribution in [0, 0.1) is 0 Å². The first-order chi connectivity index (χ1) is 9.20. The minimum Gasteiger partial charge on any atom is -0.508 e. The Hall–Kier alpha value is -2.69. The summed E-state index contributed by atoms with van der Waals surface area (Å²) >= 11 is 0. The predicted octanol–water partition coefficient (Wildman–Crippen LogP) is 2.03. The Morgan fingerprint density at radius 2 is 1.89 bits per heavy atom. The van der Waals surface area contributed by atoms with Crippen LogP contribution in [0.15, 0.2) is 47.3 Å². The standard InChI is InChI=1S/C14H12N2O3/c1-19-12-4-2-3-11-13(12)16(14(18)15-11)9-5-7-10(17)8-6-9/h2-8,17H,1H3,(H,15,18). The average Bonchev–Trinajstić information content (AvgIpc) is 2.75. The number of phenolic OH excluding ortho intramolecular Hbond substituents is 1. The molecule has 2 aromatic carbocycles. The molecule has 5 nitrogen and oxygen atoms in total. The number of rotatable bonds is 2. The first-order valence-electron chi connectivity index (χ1n) is 5.78. The maximum absolute atomic E-state index is 12.1. The smallest absolute Gasteiger partial charge is 0.331 e. The van der Waals surface area contributed by atoms with Gasteiger partial charge in [0.15, 0.2) is 0 Å². The van der Waals surface area contributed by atoms with Crippen LogP contribution in [0.1, 0.15) is 0 Å². The molecule has 0 bridgehead atoms. The van der Waals surface area contributed by atoms with E-state index in [1.807, 2.05) is 12.1 Å². The Kier molecular flexibility index (Phi) is 2.52. The molecule has 0 aliphatic rings. The highest BCUT2D eigenvalue weighted by atomic mass is 16.5. The molecule has 0 fully saturated rings. The normalized spacial score (nSPS) is 10.8. The van der Waals surface area contributed by atoms with Gasteiger partial charge in [0.25, 0.3) is 0 Å². The molecule has 19 heavy (non-hydrogen) atoms. The number of aromatic nitrogens is 2. The van der Waals surface area contributed by atoms with Gasteiger partial charge in [-0.1, -0.05) is 6.07 Å². The van der Waals surface area contributed by atoms with Gasteiger partial charge in [-0.2, -0.15) is 0 Å². The third-order valence-electron chi connectivity index (χ3n) is 3.00. The SMILES string of the molecule is COc1cccc2[nH]c(=O)n(-c3ccc(O)cc3)c12. The van der Waals surface area contributed by atoms with Crippen LogP contribution >= 0.6 is 0 Å². The lowest BCUT2D eigenvalue weighted by Gasteiger charge is -2.07. The summed E-state index contributed by atoms with van der Waals surface area (Å²) in [4.78, 5) is 14.9. The third-order valence-corrected chi connectivity index (χ3v) is 3.00. The number of nitrogens with one attached hydrogen (secondary N) is 1. The molecule has 2 N–H and O–H groups in total. The molecule has 0 amide bonds. The van der Waals surface area contributed by atoms with Gasteiger partial charge in [-0.05, 0) is 36.4 Å². The number of benzene rings is 2. The second-order valence-electron chi connectivity index (χ2n) is 4.14. The summed E-state index contributed by atoms with van der Waals surface area (Å²) < 4.78 is 6.82. The highest BCUT2D eigenvalue weighted by Crippen LogP contribution is 2.25. The fourth-order valence-electron chi connectivity index (χ4n) is 2.14. The van der Waals surface area contributed by atoms with Gasteiger partial charge < -0.3 is 14.8 Å². The van der Waals surface area contributed by atoms with Gasteiger partial charge in [0.05, 0.1) is 18.3 Å². The molecule has 0 saturated carbocycles. The molecule has 5 heteroatoms. The highest BCUT2D eigenvalue weighted by Gasteiger charge is 2.12. The number of aromatic hydroxyl groups is 1. The van der Waals surface area contributed by atoms with E-state index in [2.05, 4.69) is 4.98 Å². The van der Waals surface area contributed by atoms with Crippen LogP contribution in [0.5, 0.6) is 11.5 Å². The summed E-state index contributed by atoms with van der Waals surface area (Å²) in [6.45, 7) is 0. The van der Waals surface area contributed by atoms with Gasteiger partial charge in [0.1, 0.15) is 17.0 Å². The summed E-state index contributed by atoms with van der Waals surface area (Å²) in [7, 11) is 1.56. The molecular weight excluding hydrogens is 244 g/mol. The van der Waals surface area contributed by atoms with Gasteiger partial charge in [-0.15, -0.1) is 0 Å². The quantitative estimate of drug-likeness (QED) is 0.737. The van der Waals surface area contributed by atoms with E-state index in [0.29, 0.717) is 22.5 Å². The van der Waals surface area contributed by atoms with Crippen LogP contribution < -0.4 is 10.4 Å². The number of ether oxygens (including phenoxy) is 1. The van der Waals surface area contributed by atoms with Crippen molar-refractivity contribution in [3.05, 3.63) is 52.9 Å². The summed E-state index contributed by atoms with van der Waals surface area (Å²) in [5.41, 5.74) is 1.81. The number of aromatic amines is 1. The Labute approximate surface area is 108 Å². The molecule has 1 heterocycles. The van der Waals surface area contributed by atoms with Crippen LogP contribution in [0.3, 0.4) is 0 Å². The van der Waals surface area contributed by atoms with Crippen molar-refractivity contribution in [3.63, 3.8) is 0 Å². The van der Waals surface area contributed by atoms with E-state index in [1.165, 1.54) is 16.7 Å². The number of nitrogens with zero attached hydrogens (tertiary/aromatic N) is 1. The summed E-state index contributed by atoms with van der Waals surface area (Å²) in [5.74, 6) is 0.771. The molecule has 0 spiro atoms. The van der Waals surface area contributed by atoms with Crippen LogP contribution in [0.25, 0.3) is 16.7 Å². The number of methoxy groups -OCH3 is 1. The minimum atomic E-state index is -0.245. The highest BCUT2D eigenvalue weighted by molar-refractivity contribution is 5.83. The molecule has 1 aromatic heterocycles. The first-order valence-corrected chi connectivity index (χ1v) is 5.78. The van der Waals surface area contributed by atoms with Crippen LogP contribution in [-0.2, 0) is 0 Å². The van der Waals surface area contributed by atoms with E-state index < -0.39 is 0 Å². The third kappa shape index (κ3) is 1.76. The molecule has 0 radical (unpaired) electrons. The van der Waals surface area contributed by atoms with Crippen LogP contribution in [0.2, 0.25) is 0 Å². The van der Waals surface area contributed by atoms with Crippen molar-refractivity contribution in [1.82, 2.24) is 9.55 Å². The lowest BCUT2D eigenvalue weighted by molar-refractivity contribution is 0.418. The van der Waals surface area contributed by atoms with Crippen LogP contribution in [-0.4, -0.2) is 21.8 Å². The Balaban J connectivity index is 2.37. The monoisotopic (exact) mass is 256 g/mol. The number of fused-ring (bicyclic) bond motifs is 1. The number of phenols is 1.